The number of carboxylic acid groups (broad SMARTS) is 1. The number of fused-ring (bicyclic) bond motifs is 3. The zero-order chi connectivity index (χ0) is 19.7. The van der Waals surface area contributed by atoms with Crippen LogP contribution in [0.5, 0.6) is 5.75 Å². The highest BCUT2D eigenvalue weighted by Crippen LogP contribution is 2.26. The van der Waals surface area contributed by atoms with Crippen LogP contribution in [0.15, 0.2) is 66.7 Å². The van der Waals surface area contributed by atoms with Crippen molar-refractivity contribution >= 4 is 28.2 Å². The highest BCUT2D eigenvalue weighted by molar-refractivity contribution is 6.10. The molecule has 0 radical (unpaired) electrons. The Bertz CT molecular complexity index is 1280. The SMILES string of the molecule is N#Cc1cc(C(=O)c2cccc(OCC(=O)O)c2)n2c1ccc1ccccc12. The lowest BCUT2D eigenvalue weighted by atomic mass is 10.1. The van der Waals surface area contributed by atoms with Crippen LogP contribution in [0.1, 0.15) is 21.6 Å². The lowest BCUT2D eigenvalue weighted by molar-refractivity contribution is -0.139. The minimum Gasteiger partial charge on any atom is -0.482 e. The maximum absolute atomic E-state index is 13.2. The fourth-order valence-electron chi connectivity index (χ4n) is 3.23. The standard InChI is InChI=1S/C22H14N2O4/c23-12-16-11-20(24-18-7-2-1-4-14(18)8-9-19(16)24)22(27)15-5-3-6-17(10-15)28-13-21(25)26/h1-11H,13H2,(H,25,26). The summed E-state index contributed by atoms with van der Waals surface area (Å²) >= 11 is 0. The maximum atomic E-state index is 13.2. The second-order valence-corrected chi connectivity index (χ2v) is 6.21. The van der Waals surface area contributed by atoms with E-state index in [1.807, 2.05) is 36.4 Å². The topological polar surface area (TPSA) is 91.8 Å². The van der Waals surface area contributed by atoms with Gasteiger partial charge in [0.1, 0.15) is 11.8 Å². The molecule has 0 aliphatic carbocycles. The monoisotopic (exact) mass is 370 g/mol. The van der Waals surface area contributed by atoms with E-state index in [-0.39, 0.29) is 5.78 Å². The molecule has 0 saturated heterocycles. The second kappa shape index (κ2) is 6.89. The first kappa shape index (κ1) is 17.3. The van der Waals surface area contributed by atoms with E-state index in [0.29, 0.717) is 28.1 Å². The first-order valence-electron chi connectivity index (χ1n) is 8.51. The summed E-state index contributed by atoms with van der Waals surface area (Å²) in [7, 11) is 0. The van der Waals surface area contributed by atoms with Crippen LogP contribution in [0.4, 0.5) is 0 Å². The van der Waals surface area contributed by atoms with Gasteiger partial charge in [0, 0.05) is 5.56 Å². The Morgan fingerprint density at radius 2 is 1.82 bits per heavy atom. The number of nitrogens with zero attached hydrogens (tertiary/aromatic N) is 2. The van der Waals surface area contributed by atoms with Crippen LogP contribution < -0.4 is 4.74 Å². The van der Waals surface area contributed by atoms with E-state index in [1.165, 1.54) is 6.07 Å². The molecule has 0 spiro atoms. The molecule has 0 aliphatic heterocycles. The number of pyridine rings is 1. The molecule has 0 aliphatic rings. The molecule has 0 bridgehead atoms. The number of carbonyl (C=O) groups excluding carboxylic acids is 1. The van der Waals surface area contributed by atoms with Crippen molar-refractivity contribution in [2.75, 3.05) is 6.61 Å². The number of aliphatic carboxylic acids is 1. The second-order valence-electron chi connectivity index (χ2n) is 6.21. The van der Waals surface area contributed by atoms with Gasteiger partial charge in [-0.25, -0.2) is 4.79 Å². The number of aromatic nitrogens is 1. The Morgan fingerprint density at radius 1 is 1.00 bits per heavy atom. The van der Waals surface area contributed by atoms with Crippen molar-refractivity contribution < 1.29 is 19.4 Å². The van der Waals surface area contributed by atoms with Gasteiger partial charge in [-0.3, -0.25) is 4.79 Å². The number of carboxylic acids is 1. The van der Waals surface area contributed by atoms with Crippen molar-refractivity contribution in [2.24, 2.45) is 0 Å². The van der Waals surface area contributed by atoms with Gasteiger partial charge in [-0.2, -0.15) is 5.26 Å². The number of benzene rings is 2. The van der Waals surface area contributed by atoms with E-state index in [2.05, 4.69) is 6.07 Å². The molecular formula is C22H14N2O4. The van der Waals surface area contributed by atoms with Gasteiger partial charge in [0.2, 0.25) is 5.78 Å². The minimum absolute atomic E-state index is 0.284. The molecule has 28 heavy (non-hydrogen) atoms. The van der Waals surface area contributed by atoms with Crippen LogP contribution in [-0.2, 0) is 4.79 Å². The summed E-state index contributed by atoms with van der Waals surface area (Å²) in [5, 5.41) is 19.2. The zero-order valence-corrected chi connectivity index (χ0v) is 14.6. The zero-order valence-electron chi connectivity index (χ0n) is 14.6. The largest absolute Gasteiger partial charge is 0.482 e. The van der Waals surface area contributed by atoms with Crippen molar-refractivity contribution in [3.8, 4) is 11.8 Å². The average molecular weight is 370 g/mol. The molecule has 0 unspecified atom stereocenters. The molecule has 4 aromatic rings. The smallest absolute Gasteiger partial charge is 0.341 e. The van der Waals surface area contributed by atoms with Gasteiger partial charge in [0.25, 0.3) is 0 Å². The Kier molecular flexibility index (Phi) is 4.26. The van der Waals surface area contributed by atoms with Crippen molar-refractivity contribution in [3.63, 3.8) is 0 Å². The Labute approximate surface area is 159 Å². The quantitative estimate of drug-likeness (QED) is 0.541. The molecular weight excluding hydrogens is 356 g/mol. The number of ether oxygens (including phenoxy) is 1. The van der Waals surface area contributed by atoms with Gasteiger partial charge in [-0.15, -0.1) is 0 Å². The lowest BCUT2D eigenvalue weighted by Crippen LogP contribution is -2.10. The maximum Gasteiger partial charge on any atom is 0.341 e. The van der Waals surface area contributed by atoms with Crippen molar-refractivity contribution in [1.29, 1.82) is 5.26 Å². The number of ketones is 1. The van der Waals surface area contributed by atoms with E-state index in [4.69, 9.17) is 9.84 Å². The first-order chi connectivity index (χ1) is 13.6. The van der Waals surface area contributed by atoms with Crippen molar-refractivity contribution in [1.82, 2.24) is 4.40 Å². The highest BCUT2D eigenvalue weighted by atomic mass is 16.5. The van der Waals surface area contributed by atoms with E-state index < -0.39 is 12.6 Å². The molecule has 6 nitrogen and oxygen atoms in total. The fourth-order valence-corrected chi connectivity index (χ4v) is 3.23. The summed E-state index contributed by atoms with van der Waals surface area (Å²) in [6, 6.07) is 21.4. The summed E-state index contributed by atoms with van der Waals surface area (Å²) < 4.78 is 6.95. The third-order valence-electron chi connectivity index (χ3n) is 4.45. The summed E-state index contributed by atoms with van der Waals surface area (Å²) in [6.07, 6.45) is 0. The molecule has 2 aromatic carbocycles. The molecule has 4 rings (SSSR count). The number of carbonyl (C=O) groups is 2. The van der Waals surface area contributed by atoms with Gasteiger partial charge in [-0.05, 0) is 35.7 Å². The predicted octanol–water partition coefficient (Wildman–Crippen LogP) is 3.66. The normalized spacial score (nSPS) is 10.7. The molecule has 0 saturated carbocycles. The molecule has 136 valence electrons. The fraction of sp³-hybridized carbons (Fsp3) is 0.0455. The molecule has 6 heteroatoms. The van der Waals surface area contributed by atoms with E-state index >= 15 is 0 Å². The van der Waals surface area contributed by atoms with Gasteiger partial charge in [-0.1, -0.05) is 36.4 Å². The van der Waals surface area contributed by atoms with Crippen LogP contribution in [0, 0.1) is 11.3 Å². The molecule has 0 amide bonds. The lowest BCUT2D eigenvalue weighted by Gasteiger charge is -2.08. The summed E-state index contributed by atoms with van der Waals surface area (Å²) in [5.41, 5.74) is 2.59. The Balaban J connectivity index is 1.86. The van der Waals surface area contributed by atoms with Gasteiger partial charge in [0.15, 0.2) is 6.61 Å². The number of hydrogen-bond donors (Lipinski definition) is 1. The minimum atomic E-state index is -1.10. The van der Waals surface area contributed by atoms with Crippen molar-refractivity contribution in [2.45, 2.75) is 0 Å². The molecule has 2 aromatic heterocycles. The van der Waals surface area contributed by atoms with Crippen LogP contribution in [-0.4, -0.2) is 27.9 Å². The number of rotatable bonds is 5. The predicted molar refractivity (Wildman–Crippen MR) is 103 cm³/mol. The molecule has 2 heterocycles. The van der Waals surface area contributed by atoms with Crippen LogP contribution in [0.25, 0.3) is 16.4 Å². The van der Waals surface area contributed by atoms with Gasteiger partial charge < -0.3 is 14.2 Å². The number of para-hydroxylation sites is 1. The van der Waals surface area contributed by atoms with E-state index in [9.17, 15) is 14.9 Å². The highest BCUT2D eigenvalue weighted by Gasteiger charge is 2.19. The molecule has 0 fully saturated rings. The van der Waals surface area contributed by atoms with Gasteiger partial charge in [0.05, 0.1) is 22.3 Å². The molecule has 1 N–H and O–H groups in total. The Morgan fingerprint density at radius 3 is 2.61 bits per heavy atom. The van der Waals surface area contributed by atoms with Gasteiger partial charge >= 0.3 is 5.97 Å². The number of hydrogen-bond acceptors (Lipinski definition) is 4. The number of nitriles is 1. The summed E-state index contributed by atoms with van der Waals surface area (Å²) in [6.45, 7) is -0.491. The average Bonchev–Trinajstić information content (AvgIpc) is 3.11. The third-order valence-corrected chi connectivity index (χ3v) is 4.45. The first-order valence-corrected chi connectivity index (χ1v) is 8.51. The summed E-state index contributed by atoms with van der Waals surface area (Å²) in [4.78, 5) is 23.9. The third kappa shape index (κ3) is 2.95. The van der Waals surface area contributed by atoms with Crippen LogP contribution in [0.2, 0.25) is 0 Å². The van der Waals surface area contributed by atoms with Crippen LogP contribution >= 0.6 is 0 Å². The summed E-state index contributed by atoms with van der Waals surface area (Å²) in [5.74, 6) is -1.09. The van der Waals surface area contributed by atoms with Crippen molar-refractivity contribution in [3.05, 3.63) is 83.6 Å². The Hall–Kier alpha value is -4.11. The van der Waals surface area contributed by atoms with Crippen LogP contribution in [0.3, 0.4) is 0 Å². The van der Waals surface area contributed by atoms with E-state index in [0.717, 1.165) is 10.9 Å². The van der Waals surface area contributed by atoms with E-state index in [1.54, 1.807) is 28.7 Å². The molecule has 0 atom stereocenters.